The second-order valence-electron chi connectivity index (χ2n) is 5.44. The molecule has 3 rings (SSSR count). The third-order valence-corrected chi connectivity index (χ3v) is 3.63. The maximum Gasteiger partial charge on any atom is 0.205 e. The molecule has 0 fully saturated rings. The zero-order valence-corrected chi connectivity index (χ0v) is 14.2. The topological polar surface area (TPSA) is 30.9 Å². The highest BCUT2D eigenvalue weighted by atomic mass is 35.5. The van der Waals surface area contributed by atoms with Gasteiger partial charge in [0.25, 0.3) is 0 Å². The van der Waals surface area contributed by atoms with Crippen LogP contribution in [-0.4, -0.2) is 38.2 Å². The molecular formula is C15H24Cl2N4. The number of fused-ring (bicyclic) bond motifs is 3. The molecule has 6 heteroatoms. The minimum Gasteiger partial charge on any atom is -0.313 e. The molecule has 1 aromatic carbocycles. The molecule has 0 aliphatic carbocycles. The highest BCUT2D eigenvalue weighted by Crippen LogP contribution is 2.37. The van der Waals surface area contributed by atoms with E-state index < -0.39 is 0 Å². The molecule has 0 spiro atoms. The van der Waals surface area contributed by atoms with Crippen molar-refractivity contribution in [1.82, 2.24) is 5.32 Å². The number of hydrogen-bond acceptors (Lipinski definition) is 4. The van der Waals surface area contributed by atoms with Gasteiger partial charge < -0.3 is 15.1 Å². The molecule has 0 saturated carbocycles. The van der Waals surface area contributed by atoms with Crippen LogP contribution in [0, 0.1) is 0 Å². The van der Waals surface area contributed by atoms with E-state index in [-0.39, 0.29) is 24.8 Å². The number of rotatable bonds is 4. The Balaban J connectivity index is 0.00000110. The van der Waals surface area contributed by atoms with Gasteiger partial charge in [0.2, 0.25) is 5.96 Å². The molecule has 2 aliphatic heterocycles. The van der Waals surface area contributed by atoms with E-state index in [1.54, 1.807) is 0 Å². The Morgan fingerprint density at radius 3 is 2.62 bits per heavy atom. The van der Waals surface area contributed by atoms with E-state index in [9.17, 15) is 0 Å². The van der Waals surface area contributed by atoms with Crippen molar-refractivity contribution in [1.29, 1.82) is 0 Å². The lowest BCUT2D eigenvalue weighted by Gasteiger charge is -2.27. The van der Waals surface area contributed by atoms with Crippen molar-refractivity contribution in [3.05, 3.63) is 24.3 Å². The summed E-state index contributed by atoms with van der Waals surface area (Å²) in [6.07, 6.45) is 1.15. The number of hydrogen-bond donors (Lipinski definition) is 1. The fourth-order valence-corrected chi connectivity index (χ4v) is 2.77. The normalized spacial score (nSPS) is 15.9. The van der Waals surface area contributed by atoms with E-state index >= 15 is 0 Å². The van der Waals surface area contributed by atoms with Crippen LogP contribution in [0.3, 0.4) is 0 Å². The molecule has 21 heavy (non-hydrogen) atoms. The quantitative estimate of drug-likeness (QED) is 0.920. The molecule has 1 aromatic rings. The number of aliphatic imine (C=N–C) groups is 1. The first kappa shape index (κ1) is 18.1. The smallest absolute Gasteiger partial charge is 0.205 e. The Bertz CT molecular complexity index is 490. The van der Waals surface area contributed by atoms with Gasteiger partial charge in [-0.3, -0.25) is 4.99 Å². The number of anilines is 2. The molecule has 0 radical (unpaired) electrons. The summed E-state index contributed by atoms with van der Waals surface area (Å²) in [4.78, 5) is 9.43. The number of nitrogens with zero attached hydrogens (tertiary/aromatic N) is 3. The zero-order chi connectivity index (χ0) is 13.2. The molecule has 0 amide bonds. The first-order valence-corrected chi connectivity index (χ1v) is 7.19. The fourth-order valence-electron chi connectivity index (χ4n) is 2.77. The summed E-state index contributed by atoms with van der Waals surface area (Å²) in [7, 11) is 0. The Labute approximate surface area is 139 Å². The minimum absolute atomic E-state index is 0. The Morgan fingerprint density at radius 1 is 1.19 bits per heavy atom. The summed E-state index contributed by atoms with van der Waals surface area (Å²) in [5.74, 6) is 1.14. The van der Waals surface area contributed by atoms with Crippen LogP contribution >= 0.6 is 24.8 Å². The van der Waals surface area contributed by atoms with Gasteiger partial charge in [-0.15, -0.1) is 24.8 Å². The molecule has 0 atom stereocenters. The van der Waals surface area contributed by atoms with Gasteiger partial charge in [-0.1, -0.05) is 26.0 Å². The van der Waals surface area contributed by atoms with Crippen LogP contribution in [0.15, 0.2) is 29.3 Å². The van der Waals surface area contributed by atoms with Crippen molar-refractivity contribution < 1.29 is 0 Å². The van der Waals surface area contributed by atoms with E-state index in [4.69, 9.17) is 4.99 Å². The first-order chi connectivity index (χ1) is 9.27. The van der Waals surface area contributed by atoms with E-state index in [1.165, 1.54) is 11.4 Å². The van der Waals surface area contributed by atoms with Crippen LogP contribution in [-0.2, 0) is 0 Å². The second-order valence-corrected chi connectivity index (χ2v) is 5.44. The predicted octanol–water partition coefficient (Wildman–Crippen LogP) is 2.91. The van der Waals surface area contributed by atoms with Crippen molar-refractivity contribution in [3.8, 4) is 0 Å². The monoisotopic (exact) mass is 330 g/mol. The molecular weight excluding hydrogens is 307 g/mol. The molecule has 118 valence electrons. The van der Waals surface area contributed by atoms with Crippen molar-refractivity contribution in [2.75, 3.05) is 36.0 Å². The van der Waals surface area contributed by atoms with Gasteiger partial charge in [-0.25, -0.2) is 0 Å². The fraction of sp³-hybridized carbons (Fsp3) is 0.533. The van der Waals surface area contributed by atoms with E-state index in [1.807, 2.05) is 0 Å². The maximum absolute atomic E-state index is 4.73. The van der Waals surface area contributed by atoms with Crippen molar-refractivity contribution in [2.24, 2.45) is 4.99 Å². The molecule has 0 bridgehead atoms. The predicted molar refractivity (Wildman–Crippen MR) is 95.7 cm³/mol. The molecule has 0 aromatic heterocycles. The largest absolute Gasteiger partial charge is 0.313 e. The Kier molecular flexibility index (Phi) is 6.78. The van der Waals surface area contributed by atoms with Crippen LogP contribution in [0.2, 0.25) is 0 Å². The molecule has 0 unspecified atom stereocenters. The lowest BCUT2D eigenvalue weighted by atomic mass is 10.2. The van der Waals surface area contributed by atoms with Crippen molar-refractivity contribution in [2.45, 2.75) is 26.3 Å². The van der Waals surface area contributed by atoms with E-state index in [0.29, 0.717) is 6.04 Å². The van der Waals surface area contributed by atoms with Gasteiger partial charge in [-0.2, -0.15) is 0 Å². The van der Waals surface area contributed by atoms with Gasteiger partial charge in [0.15, 0.2) is 0 Å². The van der Waals surface area contributed by atoms with Gasteiger partial charge in [0.1, 0.15) is 0 Å². The van der Waals surface area contributed by atoms with Crippen LogP contribution in [0.5, 0.6) is 0 Å². The average Bonchev–Trinajstić information content (AvgIpc) is 2.74. The Morgan fingerprint density at radius 2 is 1.90 bits per heavy atom. The van der Waals surface area contributed by atoms with Crippen LogP contribution < -0.4 is 15.1 Å². The molecule has 1 N–H and O–H groups in total. The Hall–Kier alpha value is -0.970. The first-order valence-electron chi connectivity index (χ1n) is 7.19. The summed E-state index contributed by atoms with van der Waals surface area (Å²) >= 11 is 0. The summed E-state index contributed by atoms with van der Waals surface area (Å²) in [5, 5.41) is 3.48. The summed E-state index contributed by atoms with van der Waals surface area (Å²) in [6, 6.07) is 9.15. The van der Waals surface area contributed by atoms with Crippen LogP contribution in [0.25, 0.3) is 0 Å². The average molecular weight is 331 g/mol. The van der Waals surface area contributed by atoms with E-state index in [0.717, 1.165) is 38.6 Å². The highest BCUT2D eigenvalue weighted by Gasteiger charge is 2.33. The second kappa shape index (κ2) is 7.87. The number of halogens is 2. The third kappa shape index (κ3) is 3.62. The lowest BCUT2D eigenvalue weighted by Crippen LogP contribution is -2.44. The lowest BCUT2D eigenvalue weighted by molar-refractivity contribution is 0.594. The highest BCUT2D eigenvalue weighted by molar-refractivity contribution is 6.16. The molecule has 2 aliphatic rings. The number of guanidine groups is 1. The van der Waals surface area contributed by atoms with Gasteiger partial charge in [-0.05, 0) is 18.6 Å². The summed E-state index contributed by atoms with van der Waals surface area (Å²) < 4.78 is 0. The zero-order valence-electron chi connectivity index (χ0n) is 12.6. The van der Waals surface area contributed by atoms with Gasteiger partial charge in [0.05, 0.1) is 11.4 Å². The van der Waals surface area contributed by atoms with Gasteiger partial charge in [0, 0.05) is 32.2 Å². The molecule has 2 heterocycles. The number of nitrogens with one attached hydrogen (secondary N) is 1. The standard InChI is InChI=1S/C15H22N4.2ClH/c1-12(2)16-9-11-19-14-7-4-3-6-13(14)18-10-5-8-17-15(18)19;;/h3-4,6-7,12,16H,5,8-11H2,1-2H3;2*1H. The molecule has 0 saturated heterocycles. The van der Waals surface area contributed by atoms with Gasteiger partial charge >= 0.3 is 0 Å². The number of para-hydroxylation sites is 2. The van der Waals surface area contributed by atoms with Crippen molar-refractivity contribution >= 4 is 42.1 Å². The molecule has 4 nitrogen and oxygen atoms in total. The van der Waals surface area contributed by atoms with E-state index in [2.05, 4.69) is 53.2 Å². The summed E-state index contributed by atoms with van der Waals surface area (Å²) in [6.45, 7) is 8.37. The summed E-state index contributed by atoms with van der Waals surface area (Å²) in [5.41, 5.74) is 2.61. The van der Waals surface area contributed by atoms with Crippen molar-refractivity contribution in [3.63, 3.8) is 0 Å². The minimum atomic E-state index is 0. The number of benzene rings is 1. The third-order valence-electron chi connectivity index (χ3n) is 3.63. The van der Waals surface area contributed by atoms with Crippen LogP contribution in [0.4, 0.5) is 11.4 Å². The van der Waals surface area contributed by atoms with Crippen LogP contribution in [0.1, 0.15) is 20.3 Å². The SMILES string of the molecule is CC(C)NCCN1C2=NCCCN2c2ccccc21.Cl.Cl. The maximum atomic E-state index is 4.73.